The SMILES string of the molecule is C=C(C)COc1ccc([C@H](CC(=O)OC)c2oc(CN3CCc4cc(OC)c(OC)cc4C3)cc(=O)c2O)cc1OC. The van der Waals surface area contributed by atoms with Crippen molar-refractivity contribution in [3.05, 3.63) is 87.0 Å². The number of nitrogens with zero attached hydrogens (tertiary/aromatic N) is 1. The number of fused-ring (bicyclic) bond motifs is 1. The average Bonchev–Trinajstić information content (AvgIpc) is 2.99. The van der Waals surface area contributed by atoms with Gasteiger partial charge >= 0.3 is 5.97 Å². The van der Waals surface area contributed by atoms with Crippen LogP contribution in [0.3, 0.4) is 0 Å². The molecule has 1 aromatic heterocycles. The molecule has 0 radical (unpaired) electrons. The number of hydrogen-bond acceptors (Lipinski definition) is 10. The van der Waals surface area contributed by atoms with Gasteiger partial charge in [0.15, 0.2) is 28.8 Å². The van der Waals surface area contributed by atoms with Crippen LogP contribution in [0.1, 0.15) is 47.5 Å². The lowest BCUT2D eigenvalue weighted by atomic mass is 9.91. The molecule has 1 aliphatic rings. The van der Waals surface area contributed by atoms with E-state index in [1.54, 1.807) is 32.4 Å². The molecule has 2 heterocycles. The van der Waals surface area contributed by atoms with Crippen LogP contribution in [0, 0.1) is 0 Å². The predicted octanol–water partition coefficient (Wildman–Crippen LogP) is 4.58. The molecule has 42 heavy (non-hydrogen) atoms. The lowest BCUT2D eigenvalue weighted by Gasteiger charge is -2.29. The van der Waals surface area contributed by atoms with E-state index in [9.17, 15) is 14.7 Å². The molecule has 0 fully saturated rings. The van der Waals surface area contributed by atoms with E-state index < -0.39 is 23.1 Å². The number of hydrogen-bond donors (Lipinski definition) is 1. The van der Waals surface area contributed by atoms with Crippen molar-refractivity contribution in [3.63, 3.8) is 0 Å². The van der Waals surface area contributed by atoms with Crippen molar-refractivity contribution in [2.45, 2.75) is 38.8 Å². The summed E-state index contributed by atoms with van der Waals surface area (Å²) < 4.78 is 33.3. The van der Waals surface area contributed by atoms with Crippen LogP contribution < -0.4 is 24.4 Å². The highest BCUT2D eigenvalue weighted by Gasteiger charge is 2.28. The van der Waals surface area contributed by atoms with Gasteiger partial charge in [-0.1, -0.05) is 12.6 Å². The van der Waals surface area contributed by atoms with Gasteiger partial charge in [0.2, 0.25) is 11.2 Å². The molecule has 3 aromatic rings. The predicted molar refractivity (Wildman–Crippen MR) is 156 cm³/mol. The zero-order valence-electron chi connectivity index (χ0n) is 24.7. The fourth-order valence-electron chi connectivity index (χ4n) is 5.00. The van der Waals surface area contributed by atoms with E-state index in [-0.39, 0.29) is 12.2 Å². The van der Waals surface area contributed by atoms with Gasteiger partial charge in [-0.25, -0.2) is 0 Å². The Morgan fingerprint density at radius 1 is 1.00 bits per heavy atom. The molecule has 0 unspecified atom stereocenters. The Morgan fingerprint density at radius 3 is 2.31 bits per heavy atom. The van der Waals surface area contributed by atoms with Crippen LogP contribution in [-0.2, 0) is 29.0 Å². The summed E-state index contributed by atoms with van der Waals surface area (Å²) in [5.41, 5.74) is 3.07. The van der Waals surface area contributed by atoms with Crippen LogP contribution in [0.4, 0.5) is 0 Å². The topological polar surface area (TPSA) is 117 Å². The number of rotatable bonds is 12. The van der Waals surface area contributed by atoms with E-state index in [1.807, 2.05) is 19.1 Å². The zero-order chi connectivity index (χ0) is 30.4. The molecular weight excluding hydrogens is 542 g/mol. The lowest BCUT2D eigenvalue weighted by molar-refractivity contribution is -0.140. The highest BCUT2D eigenvalue weighted by Crippen LogP contribution is 2.38. The van der Waals surface area contributed by atoms with E-state index in [0.717, 1.165) is 24.1 Å². The maximum absolute atomic E-state index is 12.9. The quantitative estimate of drug-likeness (QED) is 0.241. The smallest absolute Gasteiger partial charge is 0.306 e. The van der Waals surface area contributed by atoms with Crippen molar-refractivity contribution in [2.24, 2.45) is 0 Å². The van der Waals surface area contributed by atoms with Crippen molar-refractivity contribution in [2.75, 3.05) is 41.6 Å². The Bertz CT molecular complexity index is 1510. The number of esters is 1. The van der Waals surface area contributed by atoms with E-state index >= 15 is 0 Å². The van der Waals surface area contributed by atoms with Gasteiger partial charge in [-0.3, -0.25) is 14.5 Å². The standard InChI is InChI=1S/C32H37NO9/c1-19(2)18-41-26-8-7-21(12-27(26)37-3)24(15-30(35)40-6)32-31(36)25(34)14-23(42-32)17-33-10-9-20-11-28(38-4)29(39-5)13-22(20)16-33/h7-8,11-14,24,36H,1,9-10,15-18H2,2-6H3/t24-/m0/s1. The molecule has 0 spiro atoms. The molecule has 0 bridgehead atoms. The Labute approximate surface area is 245 Å². The molecular formula is C32H37NO9. The van der Waals surface area contributed by atoms with Gasteiger partial charge in [-0.2, -0.15) is 0 Å². The first-order chi connectivity index (χ1) is 20.2. The van der Waals surface area contributed by atoms with Crippen molar-refractivity contribution < 1.29 is 38.0 Å². The van der Waals surface area contributed by atoms with E-state index in [1.165, 1.54) is 25.8 Å². The van der Waals surface area contributed by atoms with Crippen LogP contribution in [-0.4, -0.2) is 57.6 Å². The fourth-order valence-corrected chi connectivity index (χ4v) is 5.00. The highest BCUT2D eigenvalue weighted by atomic mass is 16.5. The molecule has 0 amide bonds. The number of carbonyl (C=O) groups excluding carboxylic acids is 1. The Hall–Kier alpha value is -4.44. The molecule has 1 N–H and O–H groups in total. The summed E-state index contributed by atoms with van der Waals surface area (Å²) in [4.78, 5) is 27.5. The maximum atomic E-state index is 12.9. The van der Waals surface area contributed by atoms with Gasteiger partial charge in [-0.05, 0) is 59.9 Å². The van der Waals surface area contributed by atoms with Gasteiger partial charge in [0, 0.05) is 19.2 Å². The minimum Gasteiger partial charge on any atom is -0.502 e. The molecule has 4 rings (SSSR count). The minimum atomic E-state index is -0.826. The Morgan fingerprint density at radius 2 is 1.67 bits per heavy atom. The lowest BCUT2D eigenvalue weighted by Crippen LogP contribution is -2.30. The second-order valence-electron chi connectivity index (χ2n) is 10.2. The largest absolute Gasteiger partial charge is 0.502 e. The van der Waals surface area contributed by atoms with Crippen LogP contribution >= 0.6 is 0 Å². The summed E-state index contributed by atoms with van der Waals surface area (Å²) >= 11 is 0. The second kappa shape index (κ2) is 13.5. The third-order valence-electron chi connectivity index (χ3n) is 7.16. The summed E-state index contributed by atoms with van der Waals surface area (Å²) in [6.45, 7) is 7.64. The molecule has 0 saturated heterocycles. The molecule has 2 aromatic carbocycles. The Kier molecular flexibility index (Phi) is 9.80. The maximum Gasteiger partial charge on any atom is 0.306 e. The van der Waals surface area contributed by atoms with Gasteiger partial charge in [0.25, 0.3) is 0 Å². The average molecular weight is 580 g/mol. The first kappa shape index (κ1) is 30.5. The molecule has 0 aliphatic carbocycles. The van der Waals surface area contributed by atoms with Gasteiger partial charge in [0.1, 0.15) is 12.4 Å². The molecule has 0 saturated carbocycles. The zero-order valence-corrected chi connectivity index (χ0v) is 24.7. The third kappa shape index (κ3) is 6.88. The van der Waals surface area contributed by atoms with E-state index in [2.05, 4.69) is 11.5 Å². The summed E-state index contributed by atoms with van der Waals surface area (Å²) in [6.07, 6.45) is 0.597. The van der Waals surface area contributed by atoms with Crippen LogP contribution in [0.2, 0.25) is 0 Å². The summed E-state index contributed by atoms with van der Waals surface area (Å²) in [5.74, 6) is 0.649. The monoisotopic (exact) mass is 579 g/mol. The number of methoxy groups -OCH3 is 4. The van der Waals surface area contributed by atoms with Crippen LogP contribution in [0.5, 0.6) is 28.7 Å². The number of benzene rings is 2. The van der Waals surface area contributed by atoms with E-state index in [4.69, 9.17) is 28.1 Å². The summed E-state index contributed by atoms with van der Waals surface area (Å²) in [6, 6.07) is 10.4. The second-order valence-corrected chi connectivity index (χ2v) is 10.2. The van der Waals surface area contributed by atoms with E-state index in [0.29, 0.717) is 54.0 Å². The van der Waals surface area contributed by atoms with Crippen LogP contribution in [0.15, 0.2) is 57.8 Å². The number of ether oxygens (including phenoxy) is 5. The van der Waals surface area contributed by atoms with Crippen molar-refractivity contribution in [3.8, 4) is 28.7 Å². The normalized spacial score (nSPS) is 13.5. The minimum absolute atomic E-state index is 0.0237. The first-order valence-corrected chi connectivity index (χ1v) is 13.5. The van der Waals surface area contributed by atoms with Gasteiger partial charge in [0.05, 0.1) is 47.3 Å². The summed E-state index contributed by atoms with van der Waals surface area (Å²) in [7, 11) is 5.99. The molecule has 10 nitrogen and oxygen atoms in total. The summed E-state index contributed by atoms with van der Waals surface area (Å²) in [5, 5.41) is 10.8. The number of carbonyl (C=O) groups is 1. The molecule has 10 heteroatoms. The van der Waals surface area contributed by atoms with Gasteiger partial charge < -0.3 is 33.2 Å². The molecule has 1 aliphatic heterocycles. The highest BCUT2D eigenvalue weighted by molar-refractivity contribution is 5.71. The van der Waals surface area contributed by atoms with Gasteiger partial charge in [-0.15, -0.1) is 0 Å². The van der Waals surface area contributed by atoms with Crippen molar-refractivity contribution in [1.29, 1.82) is 0 Å². The van der Waals surface area contributed by atoms with Crippen molar-refractivity contribution >= 4 is 5.97 Å². The van der Waals surface area contributed by atoms with Crippen LogP contribution in [0.25, 0.3) is 0 Å². The fraction of sp³-hybridized carbons (Fsp3) is 0.375. The molecule has 224 valence electrons. The Balaban J connectivity index is 1.66. The third-order valence-corrected chi connectivity index (χ3v) is 7.16. The number of aromatic hydroxyl groups is 1. The van der Waals surface area contributed by atoms with Crippen molar-refractivity contribution in [1.82, 2.24) is 4.90 Å². The molecule has 1 atom stereocenters. The first-order valence-electron chi connectivity index (χ1n) is 13.5.